The summed E-state index contributed by atoms with van der Waals surface area (Å²) in [4.78, 5) is 5.05. The van der Waals surface area contributed by atoms with Crippen LogP contribution in [0.1, 0.15) is 12.8 Å². The van der Waals surface area contributed by atoms with Crippen LogP contribution in [0.2, 0.25) is 0 Å². The Balaban J connectivity index is 1.98. The summed E-state index contributed by atoms with van der Waals surface area (Å²) in [6.45, 7) is 0.305. The van der Waals surface area contributed by atoms with Crippen LogP contribution < -0.4 is 0 Å². The lowest BCUT2D eigenvalue weighted by atomic mass is 9.98. The third kappa shape index (κ3) is 2.23. The van der Waals surface area contributed by atoms with Gasteiger partial charge in [0.2, 0.25) is 0 Å². The summed E-state index contributed by atoms with van der Waals surface area (Å²) in [5.74, 6) is 0. The molecule has 0 aromatic heterocycles. The van der Waals surface area contributed by atoms with E-state index >= 15 is 0 Å². The first kappa shape index (κ1) is 9.88. The number of hydrogen-bond donors (Lipinski definition) is 0. The molecular weight excluding hydrogens is 214 g/mol. The highest BCUT2D eigenvalue weighted by Crippen LogP contribution is 2.44. The van der Waals surface area contributed by atoms with Crippen LogP contribution in [0.5, 0.6) is 0 Å². The lowest BCUT2D eigenvalue weighted by Crippen LogP contribution is -2.42. The highest BCUT2D eigenvalue weighted by Gasteiger charge is 2.40. The van der Waals surface area contributed by atoms with E-state index in [0.29, 0.717) is 31.8 Å². The highest BCUT2D eigenvalue weighted by molar-refractivity contribution is 7.44. The molecule has 2 aliphatic heterocycles. The maximum absolute atomic E-state index is 11.1. The maximum Gasteiger partial charge on any atom is 0.347 e. The fraction of sp³-hybridized carbons (Fsp3) is 1.00. The van der Waals surface area contributed by atoms with Gasteiger partial charge >= 0.3 is 8.25 Å². The van der Waals surface area contributed by atoms with Crippen LogP contribution in [0.15, 0.2) is 0 Å². The molecule has 13 heavy (non-hydrogen) atoms. The molecule has 1 spiro atoms. The van der Waals surface area contributed by atoms with Gasteiger partial charge in [-0.3, -0.25) is 4.57 Å². The van der Waals surface area contributed by atoms with Crippen molar-refractivity contribution in [2.75, 3.05) is 18.9 Å². The lowest BCUT2D eigenvalue weighted by molar-refractivity contribution is -0.323. The molecule has 7 heteroatoms. The number of rotatable bonds is 0. The van der Waals surface area contributed by atoms with Gasteiger partial charge in [0.1, 0.15) is 5.60 Å². The van der Waals surface area contributed by atoms with Gasteiger partial charge in [-0.05, 0) is 12.8 Å². The molecule has 2 saturated heterocycles. The molecule has 0 aromatic rings. The van der Waals surface area contributed by atoms with Gasteiger partial charge in [0.05, 0.1) is 14.4 Å². The summed E-state index contributed by atoms with van der Waals surface area (Å²) < 4.78 is 31.3. The molecule has 0 N–H and O–H groups in total. The zero-order chi connectivity index (χ0) is 9.31. The van der Waals surface area contributed by atoms with E-state index in [2.05, 4.69) is 4.67 Å². The van der Waals surface area contributed by atoms with Gasteiger partial charge in [0.25, 0.3) is 0 Å². The van der Waals surface area contributed by atoms with Crippen LogP contribution >= 0.6 is 16.1 Å². The van der Waals surface area contributed by atoms with Crippen molar-refractivity contribution >= 4 is 16.1 Å². The van der Waals surface area contributed by atoms with Crippen molar-refractivity contribution in [3.8, 4) is 0 Å². The zero-order valence-electron chi connectivity index (χ0n) is 7.08. The van der Waals surface area contributed by atoms with Crippen molar-refractivity contribution in [1.29, 1.82) is 0 Å². The normalized spacial score (nSPS) is 46.5. The molecular formula is C6H12O5P2. The fourth-order valence-electron chi connectivity index (χ4n) is 1.57. The molecule has 1 atom stereocenters. The quantitative estimate of drug-likeness (QED) is 0.462. The molecule has 0 aromatic carbocycles. The maximum atomic E-state index is 11.1. The van der Waals surface area contributed by atoms with E-state index in [9.17, 15) is 9.13 Å². The van der Waals surface area contributed by atoms with Gasteiger partial charge in [0.15, 0.2) is 0 Å². The highest BCUT2D eigenvalue weighted by atomic mass is 31.1. The second kappa shape index (κ2) is 3.84. The van der Waals surface area contributed by atoms with E-state index < -0.39 is 21.7 Å². The Bertz CT molecular complexity index is 204. The van der Waals surface area contributed by atoms with E-state index in [4.69, 9.17) is 9.41 Å². The summed E-state index contributed by atoms with van der Waals surface area (Å²) in [5, 5.41) is 0. The fourth-order valence-corrected chi connectivity index (χ4v) is 3.97. The van der Waals surface area contributed by atoms with E-state index in [-0.39, 0.29) is 0 Å². The Morgan fingerprint density at radius 1 is 1.15 bits per heavy atom. The largest absolute Gasteiger partial charge is 0.347 e. The Kier molecular flexibility index (Phi) is 2.91. The van der Waals surface area contributed by atoms with E-state index in [1.165, 1.54) is 0 Å². The molecule has 0 amide bonds. The summed E-state index contributed by atoms with van der Waals surface area (Å²) in [6.07, 6.45) is 2.72. The first-order chi connectivity index (χ1) is 6.20. The van der Waals surface area contributed by atoms with Gasteiger partial charge in [-0.1, -0.05) is 0 Å². The third-order valence-electron chi connectivity index (χ3n) is 2.46. The molecule has 2 heterocycles. The van der Waals surface area contributed by atoms with Crippen molar-refractivity contribution in [2.45, 2.75) is 18.4 Å². The summed E-state index contributed by atoms with van der Waals surface area (Å²) in [5.41, 5.74) is -0.475. The molecule has 2 fully saturated rings. The van der Waals surface area contributed by atoms with Gasteiger partial charge in [-0.25, -0.2) is 4.89 Å². The molecule has 5 nitrogen and oxygen atoms in total. The van der Waals surface area contributed by atoms with Crippen LogP contribution in [-0.4, -0.2) is 24.5 Å². The minimum Gasteiger partial charge on any atom is -0.327 e. The van der Waals surface area contributed by atoms with Crippen molar-refractivity contribution in [1.82, 2.24) is 0 Å². The molecule has 1 unspecified atom stereocenters. The Morgan fingerprint density at radius 2 is 1.85 bits per heavy atom. The number of hydrogen-bond acceptors (Lipinski definition) is 5. The Hall–Kier alpha value is 0.340. The Morgan fingerprint density at radius 3 is 2.38 bits per heavy atom. The summed E-state index contributed by atoms with van der Waals surface area (Å²) in [7, 11) is -3.81. The predicted molar refractivity (Wildman–Crippen MR) is 47.8 cm³/mol. The first-order valence-corrected chi connectivity index (χ1v) is 7.29. The van der Waals surface area contributed by atoms with E-state index in [1.54, 1.807) is 0 Å². The standard InChI is InChI=1S/C6H12O5P2/c7-12-3-1-6(2-4-12)5-9-13(8)11-10-6/h12-13H,1-5H2. The van der Waals surface area contributed by atoms with Crippen molar-refractivity contribution in [3.05, 3.63) is 0 Å². The van der Waals surface area contributed by atoms with Crippen molar-refractivity contribution in [2.24, 2.45) is 0 Å². The van der Waals surface area contributed by atoms with Gasteiger partial charge < -0.3 is 9.09 Å². The minimum absolute atomic E-state index is 0.305. The van der Waals surface area contributed by atoms with Crippen LogP contribution in [0.3, 0.4) is 0 Å². The topological polar surface area (TPSA) is 61.8 Å². The second-order valence-electron chi connectivity index (χ2n) is 3.43. The minimum atomic E-state index is -2.42. The van der Waals surface area contributed by atoms with Crippen molar-refractivity contribution in [3.63, 3.8) is 0 Å². The van der Waals surface area contributed by atoms with Gasteiger partial charge in [-0.2, -0.15) is 4.67 Å². The van der Waals surface area contributed by atoms with Crippen LogP contribution in [0.25, 0.3) is 0 Å². The lowest BCUT2D eigenvalue weighted by Gasteiger charge is -2.37. The second-order valence-corrected chi connectivity index (χ2v) is 6.46. The SMILES string of the molecule is O=[PH]1CCC2(CC1)CO[PH](=O)OO2. The van der Waals surface area contributed by atoms with Crippen LogP contribution in [0.4, 0.5) is 0 Å². The average Bonchev–Trinajstić information content (AvgIpc) is 2.16. The smallest absolute Gasteiger partial charge is 0.327 e. The summed E-state index contributed by atoms with van der Waals surface area (Å²) >= 11 is 0. The molecule has 76 valence electrons. The van der Waals surface area contributed by atoms with Crippen LogP contribution in [-0.2, 0) is 23.2 Å². The third-order valence-corrected chi connectivity index (χ3v) is 4.67. The van der Waals surface area contributed by atoms with E-state index in [0.717, 1.165) is 0 Å². The molecule has 0 saturated carbocycles. The monoisotopic (exact) mass is 226 g/mol. The first-order valence-electron chi connectivity index (χ1n) is 4.24. The summed E-state index contributed by atoms with van der Waals surface area (Å²) in [6, 6.07) is 0. The molecule has 0 bridgehead atoms. The molecule has 0 aliphatic carbocycles. The Labute approximate surface area is 77.4 Å². The predicted octanol–water partition coefficient (Wildman–Crippen LogP) is 1.45. The van der Waals surface area contributed by atoms with Gasteiger partial charge in [-0.15, -0.1) is 0 Å². The molecule has 0 radical (unpaired) electrons. The van der Waals surface area contributed by atoms with Crippen molar-refractivity contribution < 1.29 is 23.2 Å². The van der Waals surface area contributed by atoms with Gasteiger partial charge in [0, 0.05) is 12.3 Å². The van der Waals surface area contributed by atoms with E-state index in [1.807, 2.05) is 0 Å². The molecule has 2 aliphatic rings. The van der Waals surface area contributed by atoms with Crippen LogP contribution in [0, 0.1) is 0 Å². The molecule has 2 rings (SSSR count). The average molecular weight is 226 g/mol. The zero-order valence-corrected chi connectivity index (χ0v) is 9.08.